The van der Waals surface area contributed by atoms with Crippen LogP contribution in [0, 0.1) is 10.1 Å². The number of aliphatic hydroxyl groups excluding tert-OH is 1. The molecular weight excluding hydrogens is 315 g/mol. The van der Waals surface area contributed by atoms with E-state index in [0.29, 0.717) is 0 Å². The molecule has 0 bridgehead atoms. The SMILES string of the molecule is O=C(N[C@@H](CO)C(=O)O)c1cc(Cl)c(Cl)c([N+](=O)[O-])c1. The molecular formula is C10H8Cl2N2O6. The summed E-state index contributed by atoms with van der Waals surface area (Å²) in [6.07, 6.45) is 0. The number of carbonyl (C=O) groups is 2. The number of carbonyl (C=O) groups excluding carboxylic acids is 1. The van der Waals surface area contributed by atoms with Crippen LogP contribution in [0.2, 0.25) is 10.0 Å². The zero-order valence-corrected chi connectivity index (χ0v) is 11.2. The molecule has 0 fully saturated rings. The van der Waals surface area contributed by atoms with Crippen molar-refractivity contribution in [2.75, 3.05) is 6.61 Å². The number of carboxylic acids is 1. The van der Waals surface area contributed by atoms with Crippen molar-refractivity contribution in [1.82, 2.24) is 5.32 Å². The van der Waals surface area contributed by atoms with Gasteiger partial charge in [0.2, 0.25) is 0 Å². The van der Waals surface area contributed by atoms with E-state index in [4.69, 9.17) is 33.4 Å². The fourth-order valence-electron chi connectivity index (χ4n) is 1.27. The van der Waals surface area contributed by atoms with Gasteiger partial charge in [0.15, 0.2) is 6.04 Å². The lowest BCUT2D eigenvalue weighted by Gasteiger charge is -2.12. The Kier molecular flexibility index (Phi) is 5.26. The number of halogens is 2. The normalized spacial score (nSPS) is 11.8. The first-order chi connectivity index (χ1) is 9.27. The summed E-state index contributed by atoms with van der Waals surface area (Å²) < 4.78 is 0. The maximum absolute atomic E-state index is 11.7. The molecule has 1 rings (SSSR count). The predicted molar refractivity (Wildman–Crippen MR) is 69.1 cm³/mol. The molecule has 0 saturated heterocycles. The second-order valence-corrected chi connectivity index (χ2v) is 4.38. The highest BCUT2D eigenvalue weighted by molar-refractivity contribution is 6.43. The second kappa shape index (κ2) is 6.51. The summed E-state index contributed by atoms with van der Waals surface area (Å²) in [4.78, 5) is 32.3. The van der Waals surface area contributed by atoms with Crippen molar-refractivity contribution in [3.8, 4) is 0 Å². The molecule has 0 aliphatic heterocycles. The summed E-state index contributed by atoms with van der Waals surface area (Å²) in [5, 5.41) is 29.6. The van der Waals surface area contributed by atoms with Crippen LogP contribution >= 0.6 is 23.2 Å². The van der Waals surface area contributed by atoms with Crippen molar-refractivity contribution in [1.29, 1.82) is 0 Å². The Balaban J connectivity index is 3.11. The minimum atomic E-state index is -1.53. The maximum atomic E-state index is 11.7. The molecule has 0 unspecified atom stereocenters. The Morgan fingerprint density at radius 1 is 1.40 bits per heavy atom. The molecule has 0 aliphatic rings. The van der Waals surface area contributed by atoms with Gasteiger partial charge < -0.3 is 15.5 Å². The molecule has 1 aromatic carbocycles. The summed E-state index contributed by atoms with van der Waals surface area (Å²) in [6, 6.07) is 0.388. The smallest absolute Gasteiger partial charge is 0.328 e. The van der Waals surface area contributed by atoms with Gasteiger partial charge in [-0.15, -0.1) is 0 Å². The van der Waals surface area contributed by atoms with Crippen LogP contribution in [-0.2, 0) is 4.79 Å². The van der Waals surface area contributed by atoms with Gasteiger partial charge in [0.25, 0.3) is 11.6 Å². The molecule has 3 N–H and O–H groups in total. The molecule has 108 valence electrons. The number of aliphatic carboxylic acids is 1. The number of aliphatic hydroxyl groups is 1. The molecule has 0 radical (unpaired) electrons. The molecule has 0 aromatic heterocycles. The molecule has 0 aliphatic carbocycles. The maximum Gasteiger partial charge on any atom is 0.328 e. The van der Waals surface area contributed by atoms with Crippen molar-refractivity contribution >= 4 is 40.8 Å². The van der Waals surface area contributed by atoms with E-state index in [9.17, 15) is 19.7 Å². The number of hydrogen-bond acceptors (Lipinski definition) is 5. The zero-order valence-electron chi connectivity index (χ0n) is 9.67. The lowest BCUT2D eigenvalue weighted by molar-refractivity contribution is -0.384. The monoisotopic (exact) mass is 322 g/mol. The van der Waals surface area contributed by atoms with Crippen LogP contribution in [0.5, 0.6) is 0 Å². The molecule has 1 atom stereocenters. The highest BCUT2D eigenvalue weighted by Crippen LogP contribution is 2.33. The van der Waals surface area contributed by atoms with Crippen LogP contribution in [0.1, 0.15) is 10.4 Å². The first-order valence-electron chi connectivity index (χ1n) is 5.06. The van der Waals surface area contributed by atoms with Gasteiger partial charge in [0.05, 0.1) is 16.6 Å². The van der Waals surface area contributed by atoms with Gasteiger partial charge in [-0.1, -0.05) is 23.2 Å². The first-order valence-corrected chi connectivity index (χ1v) is 5.81. The first kappa shape index (κ1) is 16.2. The summed E-state index contributed by atoms with van der Waals surface area (Å²) in [6.45, 7) is -0.829. The Labute approximate surface area is 122 Å². The van der Waals surface area contributed by atoms with Crippen molar-refractivity contribution in [2.24, 2.45) is 0 Å². The van der Waals surface area contributed by atoms with Gasteiger partial charge >= 0.3 is 5.97 Å². The topological polar surface area (TPSA) is 130 Å². The lowest BCUT2D eigenvalue weighted by atomic mass is 10.1. The average molecular weight is 323 g/mol. The third kappa shape index (κ3) is 3.56. The third-order valence-electron chi connectivity index (χ3n) is 2.25. The van der Waals surface area contributed by atoms with Crippen molar-refractivity contribution in [3.05, 3.63) is 37.9 Å². The number of rotatable bonds is 5. The van der Waals surface area contributed by atoms with E-state index in [-0.39, 0.29) is 15.6 Å². The largest absolute Gasteiger partial charge is 0.480 e. The highest BCUT2D eigenvalue weighted by atomic mass is 35.5. The third-order valence-corrected chi connectivity index (χ3v) is 3.05. The summed E-state index contributed by atoms with van der Waals surface area (Å²) in [5.74, 6) is -2.39. The predicted octanol–water partition coefficient (Wildman–Crippen LogP) is 1.08. The van der Waals surface area contributed by atoms with E-state index < -0.39 is 35.1 Å². The van der Waals surface area contributed by atoms with Crippen LogP contribution in [0.25, 0.3) is 0 Å². The van der Waals surface area contributed by atoms with Gasteiger partial charge in [-0.3, -0.25) is 14.9 Å². The quantitative estimate of drug-likeness (QED) is 0.549. The van der Waals surface area contributed by atoms with E-state index in [1.165, 1.54) is 0 Å². The highest BCUT2D eigenvalue weighted by Gasteiger charge is 2.23. The molecule has 8 nitrogen and oxygen atoms in total. The molecule has 0 saturated carbocycles. The Morgan fingerprint density at radius 3 is 2.45 bits per heavy atom. The Morgan fingerprint density at radius 2 is 2.00 bits per heavy atom. The van der Waals surface area contributed by atoms with Crippen molar-refractivity contribution in [3.63, 3.8) is 0 Å². The summed E-state index contributed by atoms with van der Waals surface area (Å²) >= 11 is 11.3. The van der Waals surface area contributed by atoms with E-state index >= 15 is 0 Å². The van der Waals surface area contributed by atoms with Gasteiger partial charge in [0.1, 0.15) is 5.02 Å². The number of hydrogen-bond donors (Lipinski definition) is 3. The number of nitro groups is 1. The van der Waals surface area contributed by atoms with Gasteiger partial charge in [0, 0.05) is 11.6 Å². The Hall–Kier alpha value is -1.90. The van der Waals surface area contributed by atoms with Crippen LogP contribution in [0.3, 0.4) is 0 Å². The van der Waals surface area contributed by atoms with Crippen LogP contribution in [0.4, 0.5) is 5.69 Å². The summed E-state index contributed by atoms with van der Waals surface area (Å²) in [7, 11) is 0. The number of nitrogens with zero attached hydrogens (tertiary/aromatic N) is 1. The standard InChI is InChI=1S/C10H8Cl2N2O6/c11-5-1-4(2-7(8(5)12)14(19)20)9(16)13-6(3-15)10(17)18/h1-2,6,15H,3H2,(H,13,16)(H,17,18)/t6-/m0/s1. The zero-order chi connectivity index (χ0) is 15.4. The lowest BCUT2D eigenvalue weighted by Crippen LogP contribution is -2.43. The van der Waals surface area contributed by atoms with Crippen molar-refractivity contribution < 1.29 is 24.7 Å². The van der Waals surface area contributed by atoms with E-state index in [1.54, 1.807) is 0 Å². The molecule has 20 heavy (non-hydrogen) atoms. The minimum Gasteiger partial charge on any atom is -0.480 e. The van der Waals surface area contributed by atoms with Crippen LogP contribution in [-0.4, -0.2) is 39.7 Å². The number of nitro benzene ring substituents is 1. The van der Waals surface area contributed by atoms with Gasteiger partial charge in [-0.2, -0.15) is 0 Å². The van der Waals surface area contributed by atoms with Crippen LogP contribution < -0.4 is 5.32 Å². The number of amides is 1. The van der Waals surface area contributed by atoms with E-state index in [1.807, 2.05) is 5.32 Å². The molecule has 1 amide bonds. The number of nitrogens with one attached hydrogen (secondary N) is 1. The molecule has 1 aromatic rings. The Bertz CT molecular complexity index is 577. The van der Waals surface area contributed by atoms with E-state index in [2.05, 4.69) is 0 Å². The summed E-state index contributed by atoms with van der Waals surface area (Å²) in [5.41, 5.74) is -0.828. The van der Waals surface area contributed by atoms with Gasteiger partial charge in [-0.25, -0.2) is 4.79 Å². The molecule has 10 heteroatoms. The fourth-order valence-corrected chi connectivity index (χ4v) is 1.66. The average Bonchev–Trinajstić information content (AvgIpc) is 2.37. The second-order valence-electron chi connectivity index (χ2n) is 3.60. The minimum absolute atomic E-state index is 0.220. The van der Waals surface area contributed by atoms with E-state index in [0.717, 1.165) is 12.1 Å². The fraction of sp³-hybridized carbons (Fsp3) is 0.200. The van der Waals surface area contributed by atoms with Crippen LogP contribution in [0.15, 0.2) is 12.1 Å². The molecule has 0 heterocycles. The number of benzene rings is 1. The number of carboxylic acid groups (broad SMARTS) is 1. The van der Waals surface area contributed by atoms with Gasteiger partial charge in [-0.05, 0) is 6.07 Å². The van der Waals surface area contributed by atoms with Crippen molar-refractivity contribution in [2.45, 2.75) is 6.04 Å². The molecule has 0 spiro atoms.